The maximum atomic E-state index is 2.56. The summed E-state index contributed by atoms with van der Waals surface area (Å²) in [5, 5.41) is 0. The number of hydrogen-bond acceptors (Lipinski definition) is 2. The minimum Gasteiger partial charge on any atom is -0.309 e. The lowest BCUT2D eigenvalue weighted by molar-refractivity contribution is 1.16. The first-order valence-electron chi connectivity index (χ1n) is 16.1. The molecule has 2 aromatic heterocycles. The predicted octanol–water partition coefficient (Wildman–Crippen LogP) is 9.61. The van der Waals surface area contributed by atoms with Crippen LogP contribution in [0.25, 0.3) is 74.5 Å². The van der Waals surface area contributed by atoms with Crippen LogP contribution in [0.1, 0.15) is 0 Å². The molecule has 0 radical (unpaired) electrons. The highest BCUT2D eigenvalue weighted by molar-refractivity contribution is 7.27. The monoisotopic (exact) mass is 632 g/mol. The van der Waals surface area contributed by atoms with Crippen molar-refractivity contribution in [3.63, 3.8) is 0 Å². The standard InChI is InChI=1S/C42H25BN2S2/c1-3-11-26(12-4-1)28-19-21-32-30(23-28)43-31-24-29(27-13-5-2-6-14-27)20-22-33(31)45-35-16-8-10-18-37(35)47-39-25-38-41(40(43)42(39)45)44(32)34-15-7-9-17-36(34)46-38/h1-25H. The average Bonchev–Trinajstić information content (AvgIpc) is 3.14. The number of para-hydroxylation sites is 2. The Morgan fingerprint density at radius 3 is 1.32 bits per heavy atom. The third-order valence-corrected chi connectivity index (χ3v) is 12.2. The smallest absolute Gasteiger partial charge is 0.252 e. The van der Waals surface area contributed by atoms with E-state index in [1.54, 1.807) is 0 Å². The van der Waals surface area contributed by atoms with Crippen LogP contribution in [0.2, 0.25) is 0 Å². The Hall–Kier alpha value is -5.36. The molecule has 0 N–H and O–H groups in total. The fourth-order valence-electron chi connectivity index (χ4n) is 8.04. The highest BCUT2D eigenvalue weighted by atomic mass is 32.1. The molecule has 5 heteroatoms. The van der Waals surface area contributed by atoms with E-state index < -0.39 is 0 Å². The molecule has 0 amide bonds. The normalized spacial score (nSPS) is 12.6. The van der Waals surface area contributed by atoms with Gasteiger partial charge in [0.2, 0.25) is 0 Å². The summed E-state index contributed by atoms with van der Waals surface area (Å²) in [5.41, 5.74) is 16.8. The van der Waals surface area contributed by atoms with Crippen LogP contribution >= 0.6 is 22.7 Å². The first-order chi connectivity index (χ1) is 23.3. The van der Waals surface area contributed by atoms with Crippen LogP contribution in [0.5, 0.6) is 0 Å². The summed E-state index contributed by atoms with van der Waals surface area (Å²) in [6.45, 7) is 0.0836. The lowest BCUT2D eigenvalue weighted by Crippen LogP contribution is -2.59. The van der Waals surface area contributed by atoms with Crippen molar-refractivity contribution >= 4 is 86.6 Å². The lowest BCUT2D eigenvalue weighted by atomic mass is 9.34. The van der Waals surface area contributed by atoms with Gasteiger partial charge in [0.25, 0.3) is 6.71 Å². The molecule has 0 saturated heterocycles. The fraction of sp³-hybridized carbons (Fsp3) is 0. The maximum absolute atomic E-state index is 2.56. The summed E-state index contributed by atoms with van der Waals surface area (Å²) in [6, 6.07) is 56.2. The molecule has 0 saturated carbocycles. The van der Waals surface area contributed by atoms with E-state index in [1.807, 2.05) is 22.7 Å². The van der Waals surface area contributed by atoms with Crippen LogP contribution in [0.15, 0.2) is 152 Å². The van der Waals surface area contributed by atoms with Crippen molar-refractivity contribution in [1.29, 1.82) is 0 Å². The second-order valence-electron chi connectivity index (χ2n) is 12.5. The van der Waals surface area contributed by atoms with Gasteiger partial charge >= 0.3 is 0 Å². The zero-order valence-corrected chi connectivity index (χ0v) is 26.9. The van der Waals surface area contributed by atoms with Crippen LogP contribution in [0.4, 0.5) is 0 Å². The van der Waals surface area contributed by atoms with E-state index in [1.165, 1.54) is 90.9 Å². The zero-order chi connectivity index (χ0) is 30.6. The summed E-state index contributed by atoms with van der Waals surface area (Å²) in [7, 11) is 0. The fourth-order valence-corrected chi connectivity index (χ4v) is 10.4. The van der Waals surface area contributed by atoms with E-state index in [0.717, 1.165) is 0 Å². The lowest BCUT2D eigenvalue weighted by Gasteiger charge is -2.36. The van der Waals surface area contributed by atoms with Gasteiger partial charge in [0.1, 0.15) is 0 Å². The number of fused-ring (bicyclic) bond motifs is 10. The molecule has 47 heavy (non-hydrogen) atoms. The molecule has 11 rings (SSSR count). The van der Waals surface area contributed by atoms with E-state index in [-0.39, 0.29) is 6.71 Å². The number of aromatic nitrogens is 2. The van der Waals surface area contributed by atoms with Gasteiger partial charge < -0.3 is 9.13 Å². The molecule has 218 valence electrons. The molecule has 0 unspecified atom stereocenters. The third kappa shape index (κ3) is 3.56. The van der Waals surface area contributed by atoms with Crippen molar-refractivity contribution in [3.05, 3.63) is 152 Å². The molecule has 0 bridgehead atoms. The van der Waals surface area contributed by atoms with Crippen molar-refractivity contribution < 1.29 is 0 Å². The topological polar surface area (TPSA) is 9.86 Å². The summed E-state index contributed by atoms with van der Waals surface area (Å²) >= 11 is 3.83. The average molecular weight is 633 g/mol. The van der Waals surface area contributed by atoms with E-state index in [4.69, 9.17) is 0 Å². The molecule has 9 aromatic rings. The number of rotatable bonds is 2. The Bertz CT molecular complexity index is 2610. The highest BCUT2D eigenvalue weighted by Gasteiger charge is 2.40. The van der Waals surface area contributed by atoms with Gasteiger partial charge in [0, 0.05) is 11.4 Å². The van der Waals surface area contributed by atoms with Crippen LogP contribution in [0, 0.1) is 0 Å². The van der Waals surface area contributed by atoms with Gasteiger partial charge in [-0.2, -0.15) is 0 Å². The Morgan fingerprint density at radius 1 is 0.383 bits per heavy atom. The van der Waals surface area contributed by atoms with E-state index in [9.17, 15) is 0 Å². The van der Waals surface area contributed by atoms with Gasteiger partial charge in [-0.25, -0.2) is 0 Å². The Labute approximate surface area is 279 Å². The van der Waals surface area contributed by atoms with Crippen LogP contribution in [0.3, 0.4) is 0 Å². The van der Waals surface area contributed by atoms with Gasteiger partial charge in [0.05, 0.1) is 40.9 Å². The molecule has 4 heterocycles. The van der Waals surface area contributed by atoms with Gasteiger partial charge in [-0.3, -0.25) is 0 Å². The van der Waals surface area contributed by atoms with E-state index >= 15 is 0 Å². The molecule has 2 aliphatic heterocycles. The Balaban J connectivity index is 1.37. The molecule has 0 fully saturated rings. The largest absolute Gasteiger partial charge is 0.309 e. The number of hydrogen-bond donors (Lipinski definition) is 0. The van der Waals surface area contributed by atoms with Crippen LogP contribution in [-0.2, 0) is 0 Å². The summed E-state index contributed by atoms with van der Waals surface area (Å²) in [4.78, 5) is 0. The molecular weight excluding hydrogens is 607 g/mol. The number of benzene rings is 7. The van der Waals surface area contributed by atoms with Crippen molar-refractivity contribution in [3.8, 4) is 33.6 Å². The number of nitrogens with zero attached hydrogens (tertiary/aromatic N) is 2. The van der Waals surface area contributed by atoms with Crippen molar-refractivity contribution in [2.45, 2.75) is 0 Å². The van der Waals surface area contributed by atoms with E-state index in [0.29, 0.717) is 0 Å². The first kappa shape index (κ1) is 25.8. The predicted molar refractivity (Wildman–Crippen MR) is 204 cm³/mol. The molecule has 0 spiro atoms. The first-order valence-corrected chi connectivity index (χ1v) is 17.7. The zero-order valence-electron chi connectivity index (χ0n) is 25.2. The molecular formula is C42H25BN2S2. The Morgan fingerprint density at radius 2 is 0.830 bits per heavy atom. The summed E-state index contributed by atoms with van der Waals surface area (Å²) in [6.07, 6.45) is 0. The van der Waals surface area contributed by atoms with Gasteiger partial charge in [0.15, 0.2) is 0 Å². The second-order valence-corrected chi connectivity index (χ2v) is 14.7. The molecule has 0 aliphatic carbocycles. The highest BCUT2D eigenvalue weighted by Crippen LogP contribution is 2.41. The second kappa shape index (κ2) is 9.58. The molecule has 2 nitrogen and oxygen atoms in total. The van der Waals surface area contributed by atoms with Gasteiger partial charge in [-0.15, -0.1) is 22.7 Å². The van der Waals surface area contributed by atoms with Crippen LogP contribution in [-0.4, -0.2) is 15.8 Å². The van der Waals surface area contributed by atoms with Crippen LogP contribution < -0.4 is 16.4 Å². The van der Waals surface area contributed by atoms with Gasteiger partial charge in [-0.1, -0.05) is 109 Å². The molecule has 2 aliphatic rings. The summed E-state index contributed by atoms with van der Waals surface area (Å²) in [5.74, 6) is 0. The third-order valence-electron chi connectivity index (χ3n) is 10.0. The Kier molecular flexibility index (Phi) is 5.26. The SMILES string of the molecule is c1ccc(-c2ccc3c(c2)B2c4cc(-c5ccccc5)ccc4-n4c5ccccc5sc5cc6sc7ccccc7n-3c6c2c54)cc1. The van der Waals surface area contributed by atoms with Crippen molar-refractivity contribution in [1.82, 2.24) is 9.13 Å². The van der Waals surface area contributed by atoms with E-state index in [2.05, 4.69) is 161 Å². The van der Waals surface area contributed by atoms with Gasteiger partial charge in [-0.05, 0) is 81.1 Å². The van der Waals surface area contributed by atoms with Crippen molar-refractivity contribution in [2.75, 3.05) is 0 Å². The minimum absolute atomic E-state index is 0.0836. The molecule has 0 atom stereocenters. The molecule has 7 aromatic carbocycles. The minimum atomic E-state index is 0.0836. The quantitative estimate of drug-likeness (QED) is 0.133. The summed E-state index contributed by atoms with van der Waals surface area (Å²) < 4.78 is 10.4. The maximum Gasteiger partial charge on any atom is 0.252 e. The van der Waals surface area contributed by atoms with Crippen molar-refractivity contribution in [2.24, 2.45) is 0 Å².